The van der Waals surface area contributed by atoms with Crippen molar-refractivity contribution >= 4 is 35.8 Å². The predicted octanol–water partition coefficient (Wildman–Crippen LogP) is 7.74. The van der Waals surface area contributed by atoms with E-state index in [9.17, 15) is 28.8 Å². The highest BCUT2D eigenvalue weighted by Crippen LogP contribution is 2.24. The Balaban J connectivity index is -0.000000136. The molecule has 0 heterocycles. The lowest BCUT2D eigenvalue weighted by atomic mass is 9.90. The van der Waals surface area contributed by atoms with Crippen LogP contribution in [0.2, 0.25) is 0 Å². The number of carboxylic acid groups (broad SMARTS) is 1. The first kappa shape index (κ1) is 56.9. The molecule has 0 rings (SSSR count). The van der Waals surface area contributed by atoms with E-state index in [-0.39, 0.29) is 90.5 Å². The van der Waals surface area contributed by atoms with Crippen molar-refractivity contribution in [3.63, 3.8) is 0 Å². The normalized spacial score (nSPS) is 10.6. The molecule has 0 aliphatic rings. The molecule has 1 N–H and O–H groups in total. The first-order valence-corrected chi connectivity index (χ1v) is 15.2. The topological polar surface area (TPSA) is 169 Å². The molecule has 0 aromatic heterocycles. The second-order valence-corrected chi connectivity index (χ2v) is 13.0. The summed E-state index contributed by atoms with van der Waals surface area (Å²) in [6, 6.07) is 0. The zero-order chi connectivity index (χ0) is 36.1. The molecule has 0 saturated carbocycles. The van der Waals surface area contributed by atoms with E-state index in [1.807, 2.05) is 69.2 Å². The highest BCUT2D eigenvalue weighted by molar-refractivity contribution is 5.81. The van der Waals surface area contributed by atoms with Gasteiger partial charge in [0.15, 0.2) is 0 Å². The Morgan fingerprint density at radius 3 is 1.21 bits per heavy atom. The fourth-order valence-corrected chi connectivity index (χ4v) is 2.15. The molecule has 0 aliphatic heterocycles. The van der Waals surface area contributed by atoms with Crippen molar-refractivity contribution in [2.45, 2.75) is 143 Å². The van der Waals surface area contributed by atoms with E-state index in [1.165, 1.54) is 0 Å². The molecule has 0 spiro atoms. The maximum Gasteiger partial charge on any atom is 0.330 e. The summed E-state index contributed by atoms with van der Waals surface area (Å²) in [7, 11) is 0. The van der Waals surface area contributed by atoms with Crippen LogP contribution in [-0.4, -0.2) is 73.0 Å². The molecule has 286 valence electrons. The minimum atomic E-state index is -1.05. The van der Waals surface area contributed by atoms with E-state index in [0.29, 0.717) is 12.8 Å². The highest BCUT2D eigenvalue weighted by atomic mass is 16.6. The number of carbonyl (C=O) groups excluding carboxylic acids is 5. The maximum atomic E-state index is 11.5. The lowest BCUT2D eigenvalue weighted by Gasteiger charge is -2.27. The Kier molecular flexibility index (Phi) is 32.6. The minimum Gasteiger partial charge on any atom is -0.481 e. The standard InChI is InChI=1S/C12H20O6.C11H18O4.C10H20O2.3CH4/c1-4-12(2,3)11(16)18-8-7-17-10(15)6-5-9(13)14;1-5-9(12)14-7-8-15-10(13)11(3,4)6-2;1-7-10(5,6)8(11)12-9(2,3)4;;;/h4-8H2,1-3H3,(H,13,14);5H,1,6-8H2,2-4H3;7H2,1-6H3;3*1H4. The SMILES string of the molecule is C.C.C.C=CC(=O)OCCOC(=O)C(C)(C)CC.CCC(C)(C)C(=O)OC(C)(C)C.CCC(C)(C)C(=O)OCCOC(=O)CCC(=O)O. The summed E-state index contributed by atoms with van der Waals surface area (Å²) < 4.78 is 24.5. The van der Waals surface area contributed by atoms with Gasteiger partial charge < -0.3 is 28.8 Å². The average Bonchev–Trinajstić information content (AvgIpc) is 2.95. The number of rotatable bonds is 16. The molecule has 0 aliphatic carbocycles. The lowest BCUT2D eigenvalue weighted by molar-refractivity contribution is -0.165. The highest BCUT2D eigenvalue weighted by Gasteiger charge is 2.30. The summed E-state index contributed by atoms with van der Waals surface area (Å²) in [5.41, 5.74) is -1.76. The maximum absolute atomic E-state index is 11.5. The Hall–Kier alpha value is -3.44. The molecular formula is C36H70O12. The largest absolute Gasteiger partial charge is 0.481 e. The molecule has 0 aromatic carbocycles. The van der Waals surface area contributed by atoms with Gasteiger partial charge in [0.05, 0.1) is 29.1 Å². The molecule has 0 bridgehead atoms. The molecule has 0 fully saturated rings. The molecule has 0 aromatic rings. The Morgan fingerprint density at radius 2 is 0.896 bits per heavy atom. The van der Waals surface area contributed by atoms with Crippen LogP contribution in [0.4, 0.5) is 0 Å². The first-order chi connectivity index (χ1) is 20.4. The zero-order valence-corrected chi connectivity index (χ0v) is 29.6. The summed E-state index contributed by atoms with van der Waals surface area (Å²) >= 11 is 0. The number of carboxylic acids is 1. The van der Waals surface area contributed by atoms with Crippen molar-refractivity contribution in [3.8, 4) is 0 Å². The third-order valence-corrected chi connectivity index (χ3v) is 6.56. The molecule has 48 heavy (non-hydrogen) atoms. The van der Waals surface area contributed by atoms with Gasteiger partial charge in [-0.3, -0.25) is 24.0 Å². The van der Waals surface area contributed by atoms with Crippen molar-refractivity contribution in [3.05, 3.63) is 12.7 Å². The van der Waals surface area contributed by atoms with E-state index >= 15 is 0 Å². The van der Waals surface area contributed by atoms with E-state index in [0.717, 1.165) is 12.5 Å². The molecule has 0 radical (unpaired) electrons. The number of aliphatic carboxylic acids is 1. The van der Waals surface area contributed by atoms with Crippen molar-refractivity contribution in [2.24, 2.45) is 16.2 Å². The van der Waals surface area contributed by atoms with Crippen molar-refractivity contribution in [2.75, 3.05) is 26.4 Å². The summed E-state index contributed by atoms with van der Waals surface area (Å²) in [5.74, 6) is -2.91. The third kappa shape index (κ3) is 29.9. The van der Waals surface area contributed by atoms with Gasteiger partial charge in [-0.1, -0.05) is 49.6 Å². The molecular weight excluding hydrogens is 624 g/mol. The van der Waals surface area contributed by atoms with Gasteiger partial charge in [-0.25, -0.2) is 4.79 Å². The van der Waals surface area contributed by atoms with Gasteiger partial charge >= 0.3 is 35.8 Å². The number of carbonyl (C=O) groups is 6. The van der Waals surface area contributed by atoms with Crippen LogP contribution >= 0.6 is 0 Å². The average molecular weight is 695 g/mol. The summed E-state index contributed by atoms with van der Waals surface area (Å²) in [6.45, 7) is 25.7. The Morgan fingerprint density at radius 1 is 0.562 bits per heavy atom. The van der Waals surface area contributed by atoms with Crippen LogP contribution in [0.1, 0.15) is 137 Å². The predicted molar refractivity (Wildman–Crippen MR) is 189 cm³/mol. The van der Waals surface area contributed by atoms with Crippen molar-refractivity contribution in [1.29, 1.82) is 0 Å². The van der Waals surface area contributed by atoms with Gasteiger partial charge in [0, 0.05) is 6.08 Å². The fraction of sp³-hybridized carbons (Fsp3) is 0.778. The summed E-state index contributed by atoms with van der Waals surface area (Å²) in [6.07, 6.45) is 2.80. The molecule has 0 unspecified atom stereocenters. The monoisotopic (exact) mass is 694 g/mol. The van der Waals surface area contributed by atoms with E-state index in [4.69, 9.17) is 24.1 Å². The molecule has 0 saturated heterocycles. The summed E-state index contributed by atoms with van der Waals surface area (Å²) in [4.78, 5) is 66.3. The molecule has 12 nitrogen and oxygen atoms in total. The van der Waals surface area contributed by atoms with Gasteiger partial charge in [0.25, 0.3) is 0 Å². The third-order valence-electron chi connectivity index (χ3n) is 6.56. The van der Waals surface area contributed by atoms with Crippen LogP contribution in [0, 0.1) is 16.2 Å². The van der Waals surface area contributed by atoms with Crippen LogP contribution in [0.15, 0.2) is 12.7 Å². The molecule has 0 atom stereocenters. The number of esters is 5. The Labute approximate surface area is 291 Å². The first-order valence-electron chi connectivity index (χ1n) is 15.2. The van der Waals surface area contributed by atoms with Gasteiger partial charge in [0.1, 0.15) is 32.0 Å². The van der Waals surface area contributed by atoms with Crippen LogP contribution < -0.4 is 0 Å². The van der Waals surface area contributed by atoms with Gasteiger partial charge in [-0.05, 0) is 81.6 Å². The van der Waals surface area contributed by atoms with E-state index in [1.54, 1.807) is 13.8 Å². The number of ether oxygens (including phenoxy) is 5. The second-order valence-electron chi connectivity index (χ2n) is 13.0. The number of hydrogen-bond acceptors (Lipinski definition) is 11. The quantitative estimate of drug-likeness (QED) is 0.0723. The number of hydrogen-bond donors (Lipinski definition) is 1. The van der Waals surface area contributed by atoms with Gasteiger partial charge in [0.2, 0.25) is 0 Å². The van der Waals surface area contributed by atoms with Crippen LogP contribution in [0.25, 0.3) is 0 Å². The Bertz CT molecular complexity index is 957. The van der Waals surface area contributed by atoms with E-state index in [2.05, 4.69) is 11.3 Å². The fourth-order valence-electron chi connectivity index (χ4n) is 2.15. The van der Waals surface area contributed by atoms with Crippen LogP contribution in [0.3, 0.4) is 0 Å². The summed E-state index contributed by atoms with van der Waals surface area (Å²) in [5, 5.41) is 8.35. The molecule has 0 amide bonds. The lowest BCUT2D eigenvalue weighted by Crippen LogP contribution is -2.33. The minimum absolute atomic E-state index is 0. The second kappa shape index (κ2) is 27.5. The van der Waals surface area contributed by atoms with Crippen LogP contribution in [0.5, 0.6) is 0 Å². The van der Waals surface area contributed by atoms with Gasteiger partial charge in [-0.2, -0.15) is 0 Å². The van der Waals surface area contributed by atoms with Crippen molar-refractivity contribution in [1.82, 2.24) is 0 Å². The smallest absolute Gasteiger partial charge is 0.330 e. The van der Waals surface area contributed by atoms with E-state index < -0.39 is 28.7 Å². The van der Waals surface area contributed by atoms with Crippen LogP contribution in [-0.2, 0) is 52.5 Å². The molecule has 12 heteroatoms. The van der Waals surface area contributed by atoms with Gasteiger partial charge in [-0.15, -0.1) is 0 Å². The van der Waals surface area contributed by atoms with Crippen molar-refractivity contribution < 1.29 is 57.6 Å². The zero-order valence-electron chi connectivity index (χ0n) is 29.6.